The average molecular weight is 486 g/mol. The van der Waals surface area contributed by atoms with Gasteiger partial charge in [0, 0.05) is 79.7 Å². The van der Waals surface area contributed by atoms with Crippen molar-refractivity contribution in [3.63, 3.8) is 0 Å². The van der Waals surface area contributed by atoms with Crippen LogP contribution in [0.1, 0.15) is 21.8 Å². The van der Waals surface area contributed by atoms with E-state index in [0.29, 0.717) is 31.1 Å². The third-order valence-corrected chi connectivity index (χ3v) is 7.86. The van der Waals surface area contributed by atoms with Gasteiger partial charge in [-0.2, -0.15) is 0 Å². The molecule has 4 aromatic rings. The number of aromatic nitrogens is 2. The molecule has 0 bridgehead atoms. The molecular weight excluding hydrogens is 458 g/mol. The molecule has 0 spiro atoms. The third-order valence-electron chi connectivity index (χ3n) is 7.10. The zero-order chi connectivity index (χ0) is 23.9. The number of fused-ring (bicyclic) bond motifs is 1. The fourth-order valence-electron chi connectivity index (χ4n) is 5.24. The summed E-state index contributed by atoms with van der Waals surface area (Å²) in [5, 5.41) is 3.50. The van der Waals surface area contributed by atoms with E-state index in [-0.39, 0.29) is 17.9 Å². The molecule has 2 fully saturated rings. The molecule has 178 valence electrons. The molecule has 35 heavy (non-hydrogen) atoms. The van der Waals surface area contributed by atoms with Crippen molar-refractivity contribution in [2.24, 2.45) is 0 Å². The molecule has 0 radical (unpaired) electrons. The Morgan fingerprint density at radius 3 is 2.66 bits per heavy atom. The van der Waals surface area contributed by atoms with Gasteiger partial charge in [-0.05, 0) is 48.9 Å². The van der Waals surface area contributed by atoms with Crippen LogP contribution < -0.4 is 4.90 Å². The number of hydrogen-bond acceptors (Lipinski definition) is 5. The van der Waals surface area contributed by atoms with E-state index in [4.69, 9.17) is 0 Å². The summed E-state index contributed by atoms with van der Waals surface area (Å²) in [5.74, 6) is 0.170. The number of carbonyl (C=O) groups is 2. The molecule has 2 saturated heterocycles. The number of piperazine rings is 1. The monoisotopic (exact) mass is 485 g/mol. The summed E-state index contributed by atoms with van der Waals surface area (Å²) in [4.78, 5) is 35.9. The molecule has 2 aliphatic heterocycles. The maximum Gasteiger partial charge on any atom is 0.282 e. The Hall–Kier alpha value is -3.49. The van der Waals surface area contributed by atoms with Crippen molar-refractivity contribution >= 4 is 39.7 Å². The fourth-order valence-corrected chi connectivity index (χ4v) is 5.84. The molecular formula is C27H27N5O2S. The summed E-state index contributed by atoms with van der Waals surface area (Å²) in [5.41, 5.74) is 4.44. The molecule has 0 N–H and O–H groups in total. The van der Waals surface area contributed by atoms with Crippen molar-refractivity contribution in [1.82, 2.24) is 19.4 Å². The van der Waals surface area contributed by atoms with Gasteiger partial charge in [0.15, 0.2) is 5.01 Å². The van der Waals surface area contributed by atoms with E-state index in [0.717, 1.165) is 35.4 Å². The molecule has 2 aromatic heterocycles. The number of anilines is 1. The summed E-state index contributed by atoms with van der Waals surface area (Å²) in [7, 11) is 0. The molecule has 0 aliphatic carbocycles. The van der Waals surface area contributed by atoms with Crippen LogP contribution in [0.25, 0.3) is 16.6 Å². The van der Waals surface area contributed by atoms with Crippen LogP contribution in [0.5, 0.6) is 0 Å². The van der Waals surface area contributed by atoms with Crippen LogP contribution in [-0.2, 0) is 4.79 Å². The quantitative estimate of drug-likeness (QED) is 0.439. The number of amides is 2. The molecule has 2 aromatic carbocycles. The van der Waals surface area contributed by atoms with Gasteiger partial charge in [0.25, 0.3) is 5.91 Å². The number of benzene rings is 2. The van der Waals surface area contributed by atoms with Crippen molar-refractivity contribution in [2.75, 3.05) is 37.6 Å². The van der Waals surface area contributed by atoms with E-state index < -0.39 is 0 Å². The Morgan fingerprint density at radius 1 is 1.03 bits per heavy atom. The predicted molar refractivity (Wildman–Crippen MR) is 138 cm³/mol. The van der Waals surface area contributed by atoms with E-state index in [1.54, 1.807) is 6.20 Å². The lowest BCUT2D eigenvalue weighted by atomic mass is 10.2. The van der Waals surface area contributed by atoms with Gasteiger partial charge < -0.3 is 14.4 Å². The van der Waals surface area contributed by atoms with Crippen LogP contribution in [0.2, 0.25) is 0 Å². The second-order valence-electron chi connectivity index (χ2n) is 9.30. The summed E-state index contributed by atoms with van der Waals surface area (Å²) >= 11 is 1.38. The Bertz CT molecular complexity index is 1390. The maximum atomic E-state index is 13.0. The first-order valence-corrected chi connectivity index (χ1v) is 12.9. The van der Waals surface area contributed by atoms with Crippen molar-refractivity contribution in [1.29, 1.82) is 0 Å². The van der Waals surface area contributed by atoms with Gasteiger partial charge in [0.1, 0.15) is 0 Å². The predicted octanol–water partition coefficient (Wildman–Crippen LogP) is 3.96. The van der Waals surface area contributed by atoms with Crippen molar-refractivity contribution in [3.05, 3.63) is 76.9 Å². The van der Waals surface area contributed by atoms with Gasteiger partial charge in [0.05, 0.1) is 5.52 Å². The Balaban J connectivity index is 1.14. The summed E-state index contributed by atoms with van der Waals surface area (Å²) in [6, 6.07) is 17.0. The minimum absolute atomic E-state index is 0.00896. The largest absolute Gasteiger partial charge is 0.334 e. The topological polar surface area (TPSA) is 61.7 Å². The van der Waals surface area contributed by atoms with Crippen LogP contribution in [0.15, 0.2) is 66.3 Å². The van der Waals surface area contributed by atoms with Crippen LogP contribution in [0.4, 0.5) is 5.69 Å². The minimum Gasteiger partial charge on any atom is -0.334 e. The molecule has 2 amide bonds. The molecule has 0 saturated carbocycles. The Labute approximate surface area is 208 Å². The number of aryl methyl sites for hydroxylation is 1. The highest BCUT2D eigenvalue weighted by molar-refractivity contribution is 7.11. The van der Waals surface area contributed by atoms with Crippen molar-refractivity contribution in [3.8, 4) is 5.69 Å². The zero-order valence-electron chi connectivity index (χ0n) is 19.6. The Kier molecular flexibility index (Phi) is 5.62. The fraction of sp³-hybridized carbons (Fsp3) is 0.296. The first kappa shape index (κ1) is 22.0. The second kappa shape index (κ2) is 8.94. The molecule has 2 aliphatic rings. The molecule has 7 nitrogen and oxygen atoms in total. The molecule has 6 rings (SSSR count). The molecule has 1 unspecified atom stereocenters. The lowest BCUT2D eigenvalue weighted by Crippen LogP contribution is -2.52. The molecule has 4 heterocycles. The van der Waals surface area contributed by atoms with Crippen molar-refractivity contribution < 1.29 is 9.59 Å². The minimum atomic E-state index is 0.00896. The van der Waals surface area contributed by atoms with E-state index >= 15 is 0 Å². The number of carbonyl (C=O) groups excluding carboxylic acids is 2. The SMILES string of the molecule is Cc1cccc(-n2ccc3cc(N4CC(N5CCN(C(=O)c6nccs6)CC5)CC4=O)ccc32)c1. The maximum absolute atomic E-state index is 13.0. The van der Waals surface area contributed by atoms with E-state index in [2.05, 4.69) is 76.1 Å². The van der Waals surface area contributed by atoms with Gasteiger partial charge >= 0.3 is 0 Å². The smallest absolute Gasteiger partial charge is 0.282 e. The standard InChI is InChI=1S/C27H27N5O2S/c1-19-3-2-4-21(15-19)31-9-7-20-16-22(5-6-24(20)31)32-18-23(17-25(32)33)29-10-12-30(13-11-29)27(34)26-28-8-14-35-26/h2-9,14-16,23H,10-13,17-18H2,1H3. The van der Waals surface area contributed by atoms with E-state index in [1.165, 1.54) is 16.9 Å². The van der Waals surface area contributed by atoms with Crippen LogP contribution in [0.3, 0.4) is 0 Å². The van der Waals surface area contributed by atoms with Crippen LogP contribution in [-0.4, -0.2) is 69.9 Å². The van der Waals surface area contributed by atoms with Crippen LogP contribution >= 0.6 is 11.3 Å². The van der Waals surface area contributed by atoms with Crippen molar-refractivity contribution in [2.45, 2.75) is 19.4 Å². The van der Waals surface area contributed by atoms with Gasteiger partial charge in [-0.25, -0.2) is 4.98 Å². The highest BCUT2D eigenvalue weighted by Gasteiger charge is 2.36. The van der Waals surface area contributed by atoms with Gasteiger partial charge in [-0.15, -0.1) is 11.3 Å². The summed E-state index contributed by atoms with van der Waals surface area (Å²) in [6.07, 6.45) is 4.27. The van der Waals surface area contributed by atoms with Gasteiger partial charge in [-0.3, -0.25) is 14.5 Å². The van der Waals surface area contributed by atoms with E-state index in [9.17, 15) is 9.59 Å². The highest BCUT2D eigenvalue weighted by Crippen LogP contribution is 2.30. The number of hydrogen-bond donors (Lipinski definition) is 0. The number of rotatable bonds is 4. The highest BCUT2D eigenvalue weighted by atomic mass is 32.1. The number of nitrogens with zero attached hydrogens (tertiary/aromatic N) is 5. The lowest BCUT2D eigenvalue weighted by Gasteiger charge is -2.37. The molecule has 8 heteroatoms. The lowest BCUT2D eigenvalue weighted by molar-refractivity contribution is -0.117. The van der Waals surface area contributed by atoms with E-state index in [1.807, 2.05) is 15.2 Å². The van der Waals surface area contributed by atoms with Gasteiger partial charge in [-0.1, -0.05) is 12.1 Å². The zero-order valence-corrected chi connectivity index (χ0v) is 20.4. The molecule has 1 atom stereocenters. The normalized spacial score (nSPS) is 19.1. The summed E-state index contributed by atoms with van der Waals surface area (Å²) < 4.78 is 2.19. The first-order chi connectivity index (χ1) is 17.1. The first-order valence-electron chi connectivity index (χ1n) is 12.0. The van der Waals surface area contributed by atoms with Gasteiger partial charge in [0.2, 0.25) is 5.91 Å². The van der Waals surface area contributed by atoms with Crippen LogP contribution in [0, 0.1) is 6.92 Å². The average Bonchev–Trinajstić information content (AvgIpc) is 3.63. The summed E-state index contributed by atoms with van der Waals surface area (Å²) in [6.45, 7) is 5.68. The number of thiazole rings is 1. The third kappa shape index (κ3) is 4.13. The second-order valence-corrected chi connectivity index (χ2v) is 10.2. The Morgan fingerprint density at radius 2 is 1.89 bits per heavy atom.